The number of aliphatic hydroxyl groups excluding tert-OH is 1. The molecule has 4 rings (SSSR count). The Hall–Kier alpha value is -1.86. The molecule has 2 atom stereocenters. The number of ether oxygens (including phenoxy) is 1. The molecule has 2 aromatic rings. The molecule has 1 fully saturated rings. The van der Waals surface area contributed by atoms with Crippen LogP contribution in [-0.4, -0.2) is 54.8 Å². The van der Waals surface area contributed by atoms with Gasteiger partial charge in [0.25, 0.3) is 8.32 Å². The number of hydrogen-bond acceptors (Lipinski definition) is 5. The van der Waals surface area contributed by atoms with Gasteiger partial charge in [0.05, 0.1) is 11.6 Å². The summed E-state index contributed by atoms with van der Waals surface area (Å²) in [7, 11) is -2.06. The van der Waals surface area contributed by atoms with Crippen LogP contribution in [0.4, 0.5) is 0 Å². The fourth-order valence-electron chi connectivity index (χ4n) is 6.83. The molecule has 2 N–H and O–H groups in total. The number of nitrogens with zero attached hydrogens (tertiary/aromatic N) is 1. The monoisotopic (exact) mass is 525 g/mol. The third-order valence-corrected chi connectivity index (χ3v) is 15.0. The Morgan fingerprint density at radius 1 is 0.973 bits per heavy atom. The number of piperidine rings is 1. The first-order chi connectivity index (χ1) is 17.6. The zero-order chi connectivity index (χ0) is 26.8. The van der Waals surface area contributed by atoms with Crippen molar-refractivity contribution in [3.8, 4) is 11.5 Å². The van der Waals surface area contributed by atoms with Crippen LogP contribution in [0.3, 0.4) is 0 Å². The summed E-state index contributed by atoms with van der Waals surface area (Å²) in [6.45, 7) is 15.7. The molecule has 2 unspecified atom stereocenters. The standard InChI is InChI=1S/C31H47NO4Si/c1-22(2)37(23(3)4,24(5)6)36-26-12-13-27-29(20-26)35-21-28(30(27)33)32-18-16-31(34,17-19-32)15-14-25-10-8-7-9-11-25/h7-13,20,22-24,28,30,33-34H,14-19,21H2,1-6H3. The van der Waals surface area contributed by atoms with E-state index >= 15 is 0 Å². The van der Waals surface area contributed by atoms with Gasteiger partial charge in [-0.1, -0.05) is 71.9 Å². The van der Waals surface area contributed by atoms with Crippen molar-refractivity contribution in [2.75, 3.05) is 19.7 Å². The van der Waals surface area contributed by atoms with Crippen molar-refractivity contribution in [2.24, 2.45) is 0 Å². The summed E-state index contributed by atoms with van der Waals surface area (Å²) in [5, 5.41) is 22.5. The topological polar surface area (TPSA) is 62.2 Å². The van der Waals surface area contributed by atoms with E-state index in [0.717, 1.165) is 55.8 Å². The van der Waals surface area contributed by atoms with Crippen LogP contribution in [0.2, 0.25) is 16.6 Å². The molecule has 0 aromatic heterocycles. The number of benzene rings is 2. The summed E-state index contributed by atoms with van der Waals surface area (Å²) in [6, 6.07) is 16.3. The zero-order valence-electron chi connectivity index (χ0n) is 23.6. The Labute approximate surface area is 224 Å². The highest BCUT2D eigenvalue weighted by Gasteiger charge is 2.47. The van der Waals surface area contributed by atoms with Gasteiger partial charge in [0.15, 0.2) is 0 Å². The summed E-state index contributed by atoms with van der Waals surface area (Å²) in [5.41, 5.74) is 2.93. The maximum absolute atomic E-state index is 11.3. The lowest BCUT2D eigenvalue weighted by Crippen LogP contribution is -2.53. The molecule has 37 heavy (non-hydrogen) atoms. The second kappa shape index (κ2) is 11.5. The van der Waals surface area contributed by atoms with E-state index in [1.54, 1.807) is 0 Å². The van der Waals surface area contributed by atoms with E-state index in [9.17, 15) is 10.2 Å². The molecule has 5 nitrogen and oxygen atoms in total. The van der Waals surface area contributed by atoms with Crippen LogP contribution in [0.5, 0.6) is 11.5 Å². The molecule has 2 aromatic carbocycles. The fraction of sp³-hybridized carbons (Fsp3) is 0.613. The number of aliphatic hydroxyl groups is 2. The van der Waals surface area contributed by atoms with E-state index in [0.29, 0.717) is 23.2 Å². The normalized spacial score (nSPS) is 22.2. The Morgan fingerprint density at radius 3 is 2.19 bits per heavy atom. The zero-order valence-corrected chi connectivity index (χ0v) is 24.6. The molecule has 0 saturated carbocycles. The molecule has 0 bridgehead atoms. The molecule has 0 amide bonds. The van der Waals surface area contributed by atoms with Crippen LogP contribution in [0.1, 0.15) is 78.0 Å². The van der Waals surface area contributed by atoms with Gasteiger partial charge in [-0.3, -0.25) is 4.90 Å². The van der Waals surface area contributed by atoms with Gasteiger partial charge in [0.1, 0.15) is 24.2 Å². The number of hydrogen-bond donors (Lipinski definition) is 2. The van der Waals surface area contributed by atoms with Crippen molar-refractivity contribution in [1.29, 1.82) is 0 Å². The SMILES string of the molecule is CC(C)[Si](Oc1ccc2c(c1)OCC(N1CCC(O)(CCc3ccccc3)CC1)C2O)(C(C)C)C(C)C. The van der Waals surface area contributed by atoms with Gasteiger partial charge in [-0.2, -0.15) is 0 Å². The van der Waals surface area contributed by atoms with E-state index in [4.69, 9.17) is 9.16 Å². The second-order valence-corrected chi connectivity index (χ2v) is 17.6. The smallest absolute Gasteiger partial charge is 0.258 e. The summed E-state index contributed by atoms with van der Waals surface area (Å²) in [5.74, 6) is 1.59. The van der Waals surface area contributed by atoms with E-state index in [1.807, 2.05) is 24.3 Å². The predicted molar refractivity (Wildman–Crippen MR) is 153 cm³/mol. The molecule has 2 aliphatic heterocycles. The van der Waals surface area contributed by atoms with E-state index in [-0.39, 0.29) is 6.04 Å². The largest absolute Gasteiger partial charge is 0.543 e. The van der Waals surface area contributed by atoms with Gasteiger partial charge in [-0.05, 0) is 60.0 Å². The van der Waals surface area contributed by atoms with Crippen molar-refractivity contribution in [3.05, 3.63) is 59.7 Å². The van der Waals surface area contributed by atoms with Crippen molar-refractivity contribution in [3.63, 3.8) is 0 Å². The first-order valence-electron chi connectivity index (χ1n) is 14.2. The van der Waals surface area contributed by atoms with Crippen molar-refractivity contribution in [2.45, 2.75) is 102 Å². The summed E-state index contributed by atoms with van der Waals surface area (Å²) >= 11 is 0. The van der Waals surface area contributed by atoms with Crippen LogP contribution in [0.25, 0.3) is 0 Å². The fourth-order valence-corrected chi connectivity index (χ4v) is 12.1. The Kier molecular flexibility index (Phi) is 8.74. The average molecular weight is 526 g/mol. The number of aryl methyl sites for hydroxylation is 1. The minimum Gasteiger partial charge on any atom is -0.543 e. The van der Waals surface area contributed by atoms with Crippen LogP contribution in [-0.2, 0) is 6.42 Å². The number of rotatable bonds is 9. The second-order valence-electron chi connectivity index (χ2n) is 12.2. The lowest BCUT2D eigenvalue weighted by molar-refractivity contribution is -0.0663. The molecule has 6 heteroatoms. The van der Waals surface area contributed by atoms with Gasteiger partial charge in [0, 0.05) is 24.7 Å². The molecule has 0 spiro atoms. The van der Waals surface area contributed by atoms with Crippen LogP contribution < -0.4 is 9.16 Å². The van der Waals surface area contributed by atoms with E-state index in [1.165, 1.54) is 5.56 Å². The van der Waals surface area contributed by atoms with E-state index in [2.05, 4.69) is 70.7 Å². The van der Waals surface area contributed by atoms with E-state index < -0.39 is 20.0 Å². The van der Waals surface area contributed by atoms with Gasteiger partial charge < -0.3 is 19.4 Å². The minimum absolute atomic E-state index is 0.103. The third kappa shape index (κ3) is 5.93. The van der Waals surface area contributed by atoms with Crippen molar-refractivity contribution >= 4 is 8.32 Å². The van der Waals surface area contributed by atoms with Gasteiger partial charge >= 0.3 is 0 Å². The first-order valence-corrected chi connectivity index (χ1v) is 16.3. The Bertz CT molecular complexity index is 995. The lowest BCUT2D eigenvalue weighted by Gasteiger charge is -2.45. The molecular formula is C31H47NO4Si. The molecule has 1 saturated heterocycles. The highest BCUT2D eigenvalue weighted by atomic mass is 28.4. The van der Waals surface area contributed by atoms with Crippen molar-refractivity contribution in [1.82, 2.24) is 4.90 Å². The third-order valence-electron chi connectivity index (χ3n) is 9.00. The molecule has 2 heterocycles. The van der Waals surface area contributed by atoms with Crippen LogP contribution >= 0.6 is 0 Å². The highest BCUT2D eigenvalue weighted by Crippen LogP contribution is 2.45. The molecule has 0 radical (unpaired) electrons. The highest BCUT2D eigenvalue weighted by molar-refractivity contribution is 6.78. The van der Waals surface area contributed by atoms with Gasteiger partial charge in [0.2, 0.25) is 0 Å². The summed E-state index contributed by atoms with van der Waals surface area (Å²) < 4.78 is 13.1. The average Bonchev–Trinajstić information content (AvgIpc) is 2.87. The Morgan fingerprint density at radius 2 is 1.59 bits per heavy atom. The maximum Gasteiger partial charge on any atom is 0.258 e. The predicted octanol–water partition coefficient (Wildman–Crippen LogP) is 6.50. The Balaban J connectivity index is 1.40. The van der Waals surface area contributed by atoms with Gasteiger partial charge in [-0.25, -0.2) is 0 Å². The summed E-state index contributed by atoms with van der Waals surface area (Å²) in [6.07, 6.45) is 2.48. The number of likely N-dealkylation sites (tertiary alicyclic amines) is 1. The minimum atomic E-state index is -2.06. The van der Waals surface area contributed by atoms with Crippen LogP contribution in [0.15, 0.2) is 48.5 Å². The molecule has 204 valence electrons. The maximum atomic E-state index is 11.3. The van der Waals surface area contributed by atoms with Gasteiger partial charge in [-0.15, -0.1) is 0 Å². The lowest BCUT2D eigenvalue weighted by atomic mass is 9.84. The van der Waals surface area contributed by atoms with Crippen molar-refractivity contribution < 1.29 is 19.4 Å². The number of fused-ring (bicyclic) bond motifs is 1. The van der Waals surface area contributed by atoms with Crippen LogP contribution in [0, 0.1) is 0 Å². The summed E-state index contributed by atoms with van der Waals surface area (Å²) in [4.78, 5) is 2.29. The molecular weight excluding hydrogens is 478 g/mol. The quantitative estimate of drug-likeness (QED) is 0.366. The first kappa shape index (κ1) is 28.2. The molecule has 2 aliphatic rings. The molecule has 0 aliphatic carbocycles.